The molecular weight excluding hydrogens is 268 g/mol. The minimum Gasteiger partial charge on any atom is -0.372 e. The van der Waals surface area contributed by atoms with Gasteiger partial charge in [-0.25, -0.2) is 13.6 Å². The number of sulfonamides is 1. The SMILES string of the molecule is COC(C)C(=O)NC(C)c1cccc(S(N)(=O)=O)c1. The average Bonchev–Trinajstić information content (AvgIpc) is 2.36. The van der Waals surface area contributed by atoms with E-state index in [-0.39, 0.29) is 16.8 Å². The van der Waals surface area contributed by atoms with Crippen molar-refractivity contribution in [2.75, 3.05) is 7.11 Å². The zero-order valence-corrected chi connectivity index (χ0v) is 11.9. The van der Waals surface area contributed by atoms with Crippen LogP contribution in [-0.4, -0.2) is 27.5 Å². The first kappa shape index (κ1) is 15.6. The second-order valence-corrected chi connectivity index (χ2v) is 5.79. The van der Waals surface area contributed by atoms with Gasteiger partial charge in [-0.05, 0) is 31.5 Å². The van der Waals surface area contributed by atoms with Crippen LogP contribution in [0.4, 0.5) is 0 Å². The third kappa shape index (κ3) is 4.30. The summed E-state index contributed by atoms with van der Waals surface area (Å²) in [5, 5.41) is 7.79. The molecule has 0 aliphatic carbocycles. The first-order valence-corrected chi connectivity index (χ1v) is 7.26. The Kier molecular flexibility index (Phi) is 5.04. The van der Waals surface area contributed by atoms with Gasteiger partial charge in [0.25, 0.3) is 0 Å². The predicted octanol–water partition coefficient (Wildman–Crippen LogP) is 0.546. The van der Waals surface area contributed by atoms with Gasteiger partial charge in [0.1, 0.15) is 6.10 Å². The van der Waals surface area contributed by atoms with Crippen LogP contribution in [0.15, 0.2) is 29.2 Å². The van der Waals surface area contributed by atoms with Crippen LogP contribution in [0.5, 0.6) is 0 Å². The van der Waals surface area contributed by atoms with Crippen molar-refractivity contribution in [1.29, 1.82) is 0 Å². The van der Waals surface area contributed by atoms with Gasteiger partial charge in [-0.1, -0.05) is 12.1 Å². The van der Waals surface area contributed by atoms with Crippen LogP contribution in [0.1, 0.15) is 25.5 Å². The van der Waals surface area contributed by atoms with Crippen molar-refractivity contribution in [2.24, 2.45) is 5.14 Å². The van der Waals surface area contributed by atoms with E-state index in [1.807, 2.05) is 0 Å². The van der Waals surface area contributed by atoms with E-state index < -0.39 is 16.1 Å². The Balaban J connectivity index is 2.89. The van der Waals surface area contributed by atoms with Crippen LogP contribution in [0.2, 0.25) is 0 Å². The summed E-state index contributed by atoms with van der Waals surface area (Å²) in [6.45, 7) is 3.38. The highest BCUT2D eigenvalue weighted by Crippen LogP contribution is 2.16. The minimum absolute atomic E-state index is 0.0193. The van der Waals surface area contributed by atoms with Crippen molar-refractivity contribution >= 4 is 15.9 Å². The highest BCUT2D eigenvalue weighted by atomic mass is 32.2. The summed E-state index contributed by atoms with van der Waals surface area (Å²) in [5.74, 6) is -0.268. The maximum Gasteiger partial charge on any atom is 0.249 e. The Hall–Kier alpha value is -1.44. The van der Waals surface area contributed by atoms with E-state index >= 15 is 0 Å². The number of hydrogen-bond acceptors (Lipinski definition) is 4. The molecule has 0 saturated heterocycles. The molecule has 1 amide bonds. The van der Waals surface area contributed by atoms with E-state index in [4.69, 9.17) is 9.88 Å². The molecule has 2 atom stereocenters. The standard InChI is InChI=1S/C12H18N2O4S/c1-8(14-12(15)9(2)18-3)10-5-4-6-11(7-10)19(13,16)17/h4-9H,1-3H3,(H,14,15)(H2,13,16,17). The Bertz CT molecular complexity index is 557. The van der Waals surface area contributed by atoms with Gasteiger partial charge < -0.3 is 10.1 Å². The first-order valence-electron chi connectivity index (χ1n) is 5.71. The number of hydrogen-bond donors (Lipinski definition) is 2. The molecule has 0 bridgehead atoms. The van der Waals surface area contributed by atoms with Crippen LogP contribution >= 0.6 is 0 Å². The number of rotatable bonds is 5. The summed E-state index contributed by atoms with van der Waals surface area (Å²) < 4.78 is 27.4. The molecule has 0 radical (unpaired) electrons. The number of primary sulfonamides is 1. The van der Waals surface area contributed by atoms with Crippen molar-refractivity contribution in [3.05, 3.63) is 29.8 Å². The maximum absolute atomic E-state index is 11.7. The Morgan fingerprint density at radius 3 is 2.53 bits per heavy atom. The van der Waals surface area contributed by atoms with E-state index in [2.05, 4.69) is 5.32 Å². The molecule has 0 aliphatic heterocycles. The molecular formula is C12H18N2O4S. The molecule has 0 fully saturated rings. The number of carbonyl (C=O) groups excluding carboxylic acids is 1. The van der Waals surface area contributed by atoms with Crippen LogP contribution in [0.3, 0.4) is 0 Å². The molecule has 1 aromatic carbocycles. The molecule has 2 unspecified atom stereocenters. The summed E-state index contributed by atoms with van der Waals surface area (Å²) in [4.78, 5) is 11.7. The fourth-order valence-electron chi connectivity index (χ4n) is 1.48. The highest BCUT2D eigenvalue weighted by Gasteiger charge is 2.16. The lowest BCUT2D eigenvalue weighted by molar-refractivity contribution is -0.130. The van der Waals surface area contributed by atoms with Crippen molar-refractivity contribution in [3.63, 3.8) is 0 Å². The number of ether oxygens (including phenoxy) is 1. The van der Waals surface area contributed by atoms with Crippen molar-refractivity contribution in [3.8, 4) is 0 Å². The number of methoxy groups -OCH3 is 1. The van der Waals surface area contributed by atoms with E-state index in [9.17, 15) is 13.2 Å². The lowest BCUT2D eigenvalue weighted by Crippen LogP contribution is -2.35. The molecule has 1 aromatic rings. The van der Waals surface area contributed by atoms with Gasteiger partial charge >= 0.3 is 0 Å². The van der Waals surface area contributed by atoms with Crippen LogP contribution in [0, 0.1) is 0 Å². The molecule has 106 valence electrons. The minimum atomic E-state index is -3.75. The summed E-state index contributed by atoms with van der Waals surface area (Å²) in [7, 11) is -2.30. The van der Waals surface area contributed by atoms with E-state index in [0.29, 0.717) is 5.56 Å². The monoisotopic (exact) mass is 286 g/mol. The maximum atomic E-state index is 11.7. The molecule has 0 saturated carbocycles. The average molecular weight is 286 g/mol. The summed E-state index contributed by atoms with van der Waals surface area (Å²) in [6.07, 6.45) is -0.566. The number of carbonyl (C=O) groups is 1. The molecule has 19 heavy (non-hydrogen) atoms. The zero-order valence-electron chi connectivity index (χ0n) is 11.1. The Morgan fingerprint density at radius 2 is 2.00 bits per heavy atom. The van der Waals surface area contributed by atoms with E-state index in [1.54, 1.807) is 26.0 Å². The molecule has 0 aliphatic rings. The predicted molar refractivity (Wildman–Crippen MR) is 70.8 cm³/mol. The smallest absolute Gasteiger partial charge is 0.249 e. The van der Waals surface area contributed by atoms with Gasteiger partial charge in [0.05, 0.1) is 10.9 Å². The Morgan fingerprint density at radius 1 is 1.37 bits per heavy atom. The van der Waals surface area contributed by atoms with Gasteiger partial charge in [-0.3, -0.25) is 4.79 Å². The molecule has 3 N–H and O–H groups in total. The van der Waals surface area contributed by atoms with Crippen LogP contribution in [-0.2, 0) is 19.6 Å². The number of benzene rings is 1. The lowest BCUT2D eigenvalue weighted by atomic mass is 10.1. The number of nitrogens with one attached hydrogen (secondary N) is 1. The van der Waals surface area contributed by atoms with Crippen molar-refractivity contribution in [2.45, 2.75) is 30.9 Å². The molecule has 1 rings (SSSR count). The second-order valence-electron chi connectivity index (χ2n) is 4.23. The van der Waals surface area contributed by atoms with Gasteiger partial charge in [0, 0.05) is 7.11 Å². The summed E-state index contributed by atoms with van der Waals surface area (Å²) in [6, 6.07) is 5.81. The summed E-state index contributed by atoms with van der Waals surface area (Å²) >= 11 is 0. The van der Waals surface area contributed by atoms with Gasteiger partial charge in [0.2, 0.25) is 15.9 Å². The van der Waals surface area contributed by atoms with E-state index in [1.165, 1.54) is 19.2 Å². The van der Waals surface area contributed by atoms with Crippen LogP contribution < -0.4 is 10.5 Å². The third-order valence-corrected chi connectivity index (χ3v) is 3.68. The second kappa shape index (κ2) is 6.14. The molecule has 0 aromatic heterocycles. The van der Waals surface area contributed by atoms with Crippen LogP contribution in [0.25, 0.3) is 0 Å². The quantitative estimate of drug-likeness (QED) is 0.825. The van der Waals surface area contributed by atoms with E-state index in [0.717, 1.165) is 0 Å². The van der Waals surface area contributed by atoms with Gasteiger partial charge in [-0.15, -0.1) is 0 Å². The largest absolute Gasteiger partial charge is 0.372 e. The third-order valence-electron chi connectivity index (χ3n) is 2.77. The first-order chi connectivity index (χ1) is 8.75. The van der Waals surface area contributed by atoms with Gasteiger partial charge in [0.15, 0.2) is 0 Å². The fourth-order valence-corrected chi connectivity index (χ4v) is 2.05. The summed E-state index contributed by atoms with van der Waals surface area (Å²) in [5.41, 5.74) is 0.656. The van der Waals surface area contributed by atoms with Crippen molar-refractivity contribution in [1.82, 2.24) is 5.32 Å². The van der Waals surface area contributed by atoms with Crippen molar-refractivity contribution < 1.29 is 17.9 Å². The lowest BCUT2D eigenvalue weighted by Gasteiger charge is -2.17. The topological polar surface area (TPSA) is 98.5 Å². The molecule has 6 nitrogen and oxygen atoms in total. The highest BCUT2D eigenvalue weighted by molar-refractivity contribution is 7.89. The Labute approximate surface area is 113 Å². The molecule has 0 heterocycles. The molecule has 7 heteroatoms. The van der Waals surface area contributed by atoms with Gasteiger partial charge in [-0.2, -0.15) is 0 Å². The number of amides is 1. The zero-order chi connectivity index (χ0) is 14.6. The normalized spacial score (nSPS) is 14.7. The fraction of sp³-hybridized carbons (Fsp3) is 0.417. The molecule has 0 spiro atoms. The number of nitrogens with two attached hydrogens (primary N) is 1.